The Bertz CT molecular complexity index is 537. The van der Waals surface area contributed by atoms with E-state index in [0.29, 0.717) is 5.56 Å². The first kappa shape index (κ1) is 14.4. The van der Waals surface area contributed by atoms with E-state index in [1.54, 1.807) is 13.0 Å². The lowest BCUT2D eigenvalue weighted by molar-refractivity contribution is 0.198. The topological polar surface area (TPSA) is 50.5 Å². The minimum absolute atomic E-state index is 0.503. The molecule has 1 aromatic carbocycles. The summed E-state index contributed by atoms with van der Waals surface area (Å²) in [5.74, 6) is 0.937. The van der Waals surface area contributed by atoms with Gasteiger partial charge in [-0.2, -0.15) is 5.26 Å². The Morgan fingerprint density at radius 3 is 2.57 bits per heavy atom. The summed E-state index contributed by atoms with van der Waals surface area (Å²) < 4.78 is 0. The molecule has 0 amide bonds. The van der Waals surface area contributed by atoms with Crippen molar-refractivity contribution < 1.29 is 5.11 Å². The zero-order valence-corrected chi connectivity index (χ0v) is 12.6. The zero-order valence-electron chi connectivity index (χ0n) is 12.6. The number of rotatable bonds is 4. The van der Waals surface area contributed by atoms with E-state index >= 15 is 0 Å². The molecule has 1 heterocycles. The summed E-state index contributed by atoms with van der Waals surface area (Å²) in [4.78, 5) is 4.86. The average Bonchev–Trinajstić information content (AvgIpc) is 3.31. The van der Waals surface area contributed by atoms with E-state index < -0.39 is 6.10 Å². The average molecular weight is 285 g/mol. The molecule has 1 atom stereocenters. The maximum Gasteiger partial charge on any atom is 0.0992 e. The molecule has 1 aliphatic heterocycles. The van der Waals surface area contributed by atoms with Gasteiger partial charge in [0.05, 0.1) is 17.7 Å². The van der Waals surface area contributed by atoms with Crippen molar-refractivity contribution in [1.82, 2.24) is 4.90 Å². The lowest BCUT2D eigenvalue weighted by Gasteiger charge is -2.37. The molecule has 0 bridgehead atoms. The molecular weight excluding hydrogens is 262 g/mol. The van der Waals surface area contributed by atoms with Crippen LogP contribution in [0.5, 0.6) is 0 Å². The van der Waals surface area contributed by atoms with Gasteiger partial charge in [-0.05, 0) is 37.8 Å². The van der Waals surface area contributed by atoms with Gasteiger partial charge in [-0.1, -0.05) is 6.07 Å². The molecule has 21 heavy (non-hydrogen) atoms. The van der Waals surface area contributed by atoms with Gasteiger partial charge in [-0.15, -0.1) is 0 Å². The van der Waals surface area contributed by atoms with Crippen molar-refractivity contribution in [2.75, 3.05) is 37.6 Å². The van der Waals surface area contributed by atoms with E-state index in [2.05, 4.69) is 15.9 Å². The smallest absolute Gasteiger partial charge is 0.0992 e. The van der Waals surface area contributed by atoms with E-state index in [1.807, 2.05) is 12.1 Å². The largest absolute Gasteiger partial charge is 0.389 e. The molecule has 112 valence electrons. The summed E-state index contributed by atoms with van der Waals surface area (Å²) >= 11 is 0. The minimum Gasteiger partial charge on any atom is -0.389 e. The van der Waals surface area contributed by atoms with E-state index in [-0.39, 0.29) is 0 Å². The molecule has 1 aliphatic carbocycles. The number of nitrogens with zero attached hydrogens (tertiary/aromatic N) is 3. The number of anilines is 1. The third-order valence-corrected chi connectivity index (χ3v) is 4.54. The lowest BCUT2D eigenvalue weighted by atomic mass is 10.0. The van der Waals surface area contributed by atoms with Gasteiger partial charge in [-0.3, -0.25) is 4.90 Å². The number of aliphatic hydroxyl groups is 1. The standard InChI is InChI=1S/C17H23N3O/c1-13(21)16-5-4-15(11-18)10-17(16)20-8-6-19(7-9-20)12-14-2-3-14/h4-5,10,13-14,21H,2-3,6-9,12H2,1H3/t13-/m0/s1. The van der Waals surface area contributed by atoms with Gasteiger partial charge in [0.25, 0.3) is 0 Å². The molecular formula is C17H23N3O. The number of aliphatic hydroxyl groups excluding tert-OH is 1. The van der Waals surface area contributed by atoms with E-state index in [0.717, 1.165) is 43.3 Å². The quantitative estimate of drug-likeness (QED) is 0.921. The summed E-state index contributed by atoms with van der Waals surface area (Å²) in [5.41, 5.74) is 2.61. The minimum atomic E-state index is -0.503. The summed E-state index contributed by atoms with van der Waals surface area (Å²) in [6.45, 7) is 7.13. The SMILES string of the molecule is C[C@H](O)c1ccc(C#N)cc1N1CCN(CC2CC2)CC1. The second-order valence-corrected chi connectivity index (χ2v) is 6.29. The highest BCUT2D eigenvalue weighted by Crippen LogP contribution is 2.31. The number of benzene rings is 1. The molecule has 0 aromatic heterocycles. The lowest BCUT2D eigenvalue weighted by Crippen LogP contribution is -2.47. The van der Waals surface area contributed by atoms with E-state index in [9.17, 15) is 5.11 Å². The fraction of sp³-hybridized carbons (Fsp3) is 0.588. The van der Waals surface area contributed by atoms with Crippen LogP contribution < -0.4 is 4.90 Å². The molecule has 1 saturated heterocycles. The third-order valence-electron chi connectivity index (χ3n) is 4.54. The highest BCUT2D eigenvalue weighted by Gasteiger charge is 2.27. The maximum absolute atomic E-state index is 9.96. The van der Waals surface area contributed by atoms with Crippen LogP contribution in [0.15, 0.2) is 18.2 Å². The van der Waals surface area contributed by atoms with Crippen molar-refractivity contribution in [2.45, 2.75) is 25.9 Å². The first-order valence-corrected chi connectivity index (χ1v) is 7.87. The molecule has 0 spiro atoms. The number of hydrogen-bond acceptors (Lipinski definition) is 4. The Kier molecular flexibility index (Phi) is 4.14. The molecule has 4 heteroatoms. The summed E-state index contributed by atoms with van der Waals surface area (Å²) in [7, 11) is 0. The van der Waals surface area contributed by atoms with Gasteiger partial charge in [0, 0.05) is 44.0 Å². The molecule has 2 fully saturated rings. The van der Waals surface area contributed by atoms with Crippen LogP contribution in [0, 0.1) is 17.2 Å². The predicted molar refractivity (Wildman–Crippen MR) is 83.2 cm³/mol. The zero-order chi connectivity index (χ0) is 14.8. The molecule has 0 unspecified atom stereocenters. The second-order valence-electron chi connectivity index (χ2n) is 6.29. The maximum atomic E-state index is 9.96. The van der Waals surface area contributed by atoms with Gasteiger partial charge in [0.1, 0.15) is 0 Å². The van der Waals surface area contributed by atoms with Crippen LogP contribution in [0.25, 0.3) is 0 Å². The van der Waals surface area contributed by atoms with Crippen LogP contribution in [0.1, 0.15) is 37.0 Å². The molecule has 0 radical (unpaired) electrons. The van der Waals surface area contributed by atoms with Gasteiger partial charge >= 0.3 is 0 Å². The summed E-state index contributed by atoms with van der Waals surface area (Å²) in [6.07, 6.45) is 2.30. The summed E-state index contributed by atoms with van der Waals surface area (Å²) in [5, 5.41) is 19.1. The van der Waals surface area contributed by atoms with E-state index in [1.165, 1.54) is 19.4 Å². The summed E-state index contributed by atoms with van der Waals surface area (Å²) in [6, 6.07) is 7.78. The van der Waals surface area contributed by atoms with Gasteiger partial charge in [0.2, 0.25) is 0 Å². The Morgan fingerprint density at radius 1 is 1.29 bits per heavy atom. The van der Waals surface area contributed by atoms with Crippen LogP contribution in [0.3, 0.4) is 0 Å². The van der Waals surface area contributed by atoms with Crippen LogP contribution in [-0.4, -0.2) is 42.7 Å². The van der Waals surface area contributed by atoms with Crippen LogP contribution in [0.4, 0.5) is 5.69 Å². The number of nitriles is 1. The normalized spacial score (nSPS) is 21.1. The first-order chi connectivity index (χ1) is 10.2. The second kappa shape index (κ2) is 6.05. The molecule has 2 aliphatic rings. The number of piperazine rings is 1. The fourth-order valence-electron chi connectivity index (χ4n) is 3.08. The molecule has 1 aromatic rings. The third kappa shape index (κ3) is 3.37. The molecule has 4 nitrogen and oxygen atoms in total. The Balaban J connectivity index is 1.72. The Morgan fingerprint density at radius 2 is 2.00 bits per heavy atom. The number of hydrogen-bond donors (Lipinski definition) is 1. The Hall–Kier alpha value is -1.57. The highest BCUT2D eigenvalue weighted by atomic mass is 16.3. The molecule has 3 rings (SSSR count). The monoisotopic (exact) mass is 285 g/mol. The van der Waals surface area contributed by atoms with Crippen LogP contribution >= 0.6 is 0 Å². The van der Waals surface area contributed by atoms with Crippen molar-refractivity contribution in [2.24, 2.45) is 5.92 Å². The Labute approximate surface area is 126 Å². The fourth-order valence-corrected chi connectivity index (χ4v) is 3.08. The van der Waals surface area contributed by atoms with Crippen molar-refractivity contribution in [3.63, 3.8) is 0 Å². The molecule has 1 N–H and O–H groups in total. The van der Waals surface area contributed by atoms with Crippen molar-refractivity contribution in [1.29, 1.82) is 5.26 Å². The van der Waals surface area contributed by atoms with Crippen molar-refractivity contribution >= 4 is 5.69 Å². The highest BCUT2D eigenvalue weighted by molar-refractivity contribution is 5.58. The van der Waals surface area contributed by atoms with Crippen LogP contribution in [-0.2, 0) is 0 Å². The first-order valence-electron chi connectivity index (χ1n) is 7.87. The van der Waals surface area contributed by atoms with E-state index in [4.69, 9.17) is 5.26 Å². The van der Waals surface area contributed by atoms with Crippen molar-refractivity contribution in [3.05, 3.63) is 29.3 Å². The predicted octanol–water partition coefficient (Wildman–Crippen LogP) is 2.14. The molecule has 1 saturated carbocycles. The van der Waals surface area contributed by atoms with Gasteiger partial charge in [-0.25, -0.2) is 0 Å². The van der Waals surface area contributed by atoms with Gasteiger partial charge < -0.3 is 10.0 Å². The van der Waals surface area contributed by atoms with Crippen molar-refractivity contribution in [3.8, 4) is 6.07 Å². The van der Waals surface area contributed by atoms with Crippen LogP contribution in [0.2, 0.25) is 0 Å². The van der Waals surface area contributed by atoms with Gasteiger partial charge in [0.15, 0.2) is 0 Å².